The van der Waals surface area contributed by atoms with Crippen molar-refractivity contribution >= 4 is 0 Å². The Morgan fingerprint density at radius 2 is 2.00 bits per heavy atom. The Balaban J connectivity index is 3.17. The zero-order chi connectivity index (χ0) is 6.57. The van der Waals surface area contributed by atoms with Gasteiger partial charge in [-0.25, -0.2) is 4.39 Å². The molecule has 0 aliphatic rings. The molecule has 1 atom stereocenters. The van der Waals surface area contributed by atoms with Gasteiger partial charge in [0.2, 0.25) is 0 Å². The number of hydrogen-bond acceptors (Lipinski definition) is 0. The van der Waals surface area contributed by atoms with Gasteiger partial charge in [0.15, 0.2) is 0 Å². The Labute approximate surface area is 51.1 Å². The molecule has 8 heavy (non-hydrogen) atoms. The number of halogens is 1. The molecule has 0 amide bonds. The van der Waals surface area contributed by atoms with Crippen LogP contribution in [-0.2, 0) is 0 Å². The van der Waals surface area contributed by atoms with Crippen LogP contribution in [0.3, 0.4) is 0 Å². The number of hydrogen-bond donors (Lipinski definition) is 0. The normalized spacial score (nSPS) is 14.6. The Morgan fingerprint density at radius 3 is 2.12 bits per heavy atom. The van der Waals surface area contributed by atoms with Crippen LogP contribution >= 0.6 is 0 Å². The highest BCUT2D eigenvalue weighted by Gasteiger charge is 2.08. The minimum Gasteiger partial charge on any atom is -0.247 e. The SMILES string of the molecule is [CH2]CCC(F)C(C)C. The second-order valence-corrected chi connectivity index (χ2v) is 2.40. The molecule has 0 saturated carbocycles. The predicted octanol–water partition coefficient (Wildman–Crippen LogP) is 2.59. The molecule has 0 nitrogen and oxygen atoms in total. The van der Waals surface area contributed by atoms with Gasteiger partial charge < -0.3 is 0 Å². The fraction of sp³-hybridized carbons (Fsp3) is 0.857. The van der Waals surface area contributed by atoms with Crippen LogP contribution < -0.4 is 0 Å². The largest absolute Gasteiger partial charge is 0.247 e. The standard InChI is InChI=1S/C7H14F/c1-4-5-7(8)6(2)3/h6-7H,1,4-5H2,2-3H3. The van der Waals surface area contributed by atoms with Crippen molar-refractivity contribution in [1.82, 2.24) is 0 Å². The molecule has 0 rings (SSSR count). The molecule has 0 heterocycles. The first kappa shape index (κ1) is 7.93. The molecule has 1 heteroatoms. The molecule has 0 bridgehead atoms. The van der Waals surface area contributed by atoms with Crippen molar-refractivity contribution in [2.75, 3.05) is 0 Å². The summed E-state index contributed by atoms with van der Waals surface area (Å²) in [5, 5.41) is 0. The summed E-state index contributed by atoms with van der Waals surface area (Å²) in [6, 6.07) is 0. The number of alkyl halides is 1. The second-order valence-electron chi connectivity index (χ2n) is 2.40. The van der Waals surface area contributed by atoms with Gasteiger partial charge in [-0.05, 0) is 12.3 Å². The van der Waals surface area contributed by atoms with Crippen molar-refractivity contribution < 1.29 is 4.39 Å². The average molecular weight is 117 g/mol. The highest BCUT2D eigenvalue weighted by Crippen LogP contribution is 2.11. The molecule has 0 aliphatic heterocycles. The van der Waals surface area contributed by atoms with Crippen molar-refractivity contribution in [3.05, 3.63) is 6.92 Å². The third-order valence-electron chi connectivity index (χ3n) is 1.20. The van der Waals surface area contributed by atoms with Gasteiger partial charge in [0.05, 0.1) is 0 Å². The minimum absolute atomic E-state index is 0.164. The monoisotopic (exact) mass is 117 g/mol. The van der Waals surface area contributed by atoms with Crippen LogP contribution in [0.25, 0.3) is 0 Å². The summed E-state index contributed by atoms with van der Waals surface area (Å²) in [6.45, 7) is 7.35. The molecule has 0 aromatic rings. The van der Waals surface area contributed by atoms with Gasteiger partial charge in [0, 0.05) is 0 Å². The lowest BCUT2D eigenvalue weighted by Crippen LogP contribution is -2.07. The fourth-order valence-corrected chi connectivity index (χ4v) is 0.528. The van der Waals surface area contributed by atoms with Gasteiger partial charge in [-0.1, -0.05) is 27.2 Å². The molecule has 0 saturated heterocycles. The van der Waals surface area contributed by atoms with E-state index < -0.39 is 6.17 Å². The summed E-state index contributed by atoms with van der Waals surface area (Å²) in [6.07, 6.45) is 0.671. The summed E-state index contributed by atoms with van der Waals surface area (Å²) in [4.78, 5) is 0. The lowest BCUT2D eigenvalue weighted by molar-refractivity contribution is 0.241. The molecule has 0 aliphatic carbocycles. The van der Waals surface area contributed by atoms with Crippen molar-refractivity contribution in [3.63, 3.8) is 0 Å². The molecule has 1 unspecified atom stereocenters. The van der Waals surface area contributed by atoms with E-state index in [-0.39, 0.29) is 5.92 Å². The molecule has 0 N–H and O–H groups in total. The summed E-state index contributed by atoms with van der Waals surface area (Å²) in [5.41, 5.74) is 0. The van der Waals surface area contributed by atoms with E-state index in [9.17, 15) is 4.39 Å². The first-order chi connectivity index (χ1) is 3.68. The highest BCUT2D eigenvalue weighted by molar-refractivity contribution is 4.60. The van der Waals surface area contributed by atoms with Gasteiger partial charge in [-0.2, -0.15) is 0 Å². The highest BCUT2D eigenvalue weighted by atomic mass is 19.1. The van der Waals surface area contributed by atoms with Crippen LogP contribution in [0.4, 0.5) is 4.39 Å². The first-order valence-electron chi connectivity index (χ1n) is 3.11. The van der Waals surface area contributed by atoms with Crippen LogP contribution in [0, 0.1) is 12.8 Å². The summed E-state index contributed by atoms with van der Waals surface area (Å²) >= 11 is 0. The molecular formula is C7H14F. The maximum Gasteiger partial charge on any atom is 0.102 e. The Bertz CT molecular complexity index is 50.3. The zero-order valence-corrected chi connectivity index (χ0v) is 5.65. The van der Waals surface area contributed by atoms with E-state index in [0.717, 1.165) is 0 Å². The van der Waals surface area contributed by atoms with Gasteiger partial charge in [-0.15, -0.1) is 0 Å². The van der Waals surface area contributed by atoms with Gasteiger partial charge in [0.1, 0.15) is 6.17 Å². The van der Waals surface area contributed by atoms with Crippen LogP contribution in [0.1, 0.15) is 26.7 Å². The molecule has 0 aromatic carbocycles. The molecule has 1 radical (unpaired) electrons. The molecule has 0 fully saturated rings. The Morgan fingerprint density at radius 1 is 1.50 bits per heavy atom. The van der Waals surface area contributed by atoms with Crippen LogP contribution in [0.2, 0.25) is 0 Å². The lowest BCUT2D eigenvalue weighted by Gasteiger charge is -2.08. The van der Waals surface area contributed by atoms with Crippen LogP contribution in [0.15, 0.2) is 0 Å². The van der Waals surface area contributed by atoms with Crippen molar-refractivity contribution in [2.45, 2.75) is 32.9 Å². The van der Waals surface area contributed by atoms with Gasteiger partial charge >= 0.3 is 0 Å². The second kappa shape index (κ2) is 3.88. The summed E-state index contributed by atoms with van der Waals surface area (Å²) in [7, 11) is 0. The fourth-order valence-electron chi connectivity index (χ4n) is 0.528. The van der Waals surface area contributed by atoms with Crippen molar-refractivity contribution in [2.24, 2.45) is 5.92 Å². The van der Waals surface area contributed by atoms with E-state index in [1.165, 1.54) is 0 Å². The van der Waals surface area contributed by atoms with Crippen molar-refractivity contribution in [1.29, 1.82) is 0 Å². The van der Waals surface area contributed by atoms with Crippen molar-refractivity contribution in [3.8, 4) is 0 Å². The topological polar surface area (TPSA) is 0 Å². The number of rotatable bonds is 3. The first-order valence-corrected chi connectivity index (χ1v) is 3.11. The quantitative estimate of drug-likeness (QED) is 0.533. The van der Waals surface area contributed by atoms with E-state index in [2.05, 4.69) is 6.92 Å². The van der Waals surface area contributed by atoms with E-state index >= 15 is 0 Å². The average Bonchev–Trinajstić information content (AvgIpc) is 1.67. The van der Waals surface area contributed by atoms with Crippen LogP contribution in [0.5, 0.6) is 0 Å². The van der Waals surface area contributed by atoms with E-state index in [1.54, 1.807) is 0 Å². The zero-order valence-electron chi connectivity index (χ0n) is 5.65. The Hall–Kier alpha value is -0.0700. The van der Waals surface area contributed by atoms with E-state index in [1.807, 2.05) is 13.8 Å². The van der Waals surface area contributed by atoms with Crippen LogP contribution in [-0.4, -0.2) is 6.17 Å². The Kier molecular flexibility index (Phi) is 3.84. The molecule has 49 valence electrons. The third kappa shape index (κ3) is 3.00. The molecule has 0 aromatic heterocycles. The summed E-state index contributed by atoms with van der Waals surface area (Å²) < 4.78 is 12.5. The summed E-state index contributed by atoms with van der Waals surface area (Å²) in [5.74, 6) is 0.164. The molecular weight excluding hydrogens is 103 g/mol. The maximum absolute atomic E-state index is 12.5. The van der Waals surface area contributed by atoms with Gasteiger partial charge in [0.25, 0.3) is 0 Å². The van der Waals surface area contributed by atoms with Gasteiger partial charge in [-0.3, -0.25) is 0 Å². The third-order valence-corrected chi connectivity index (χ3v) is 1.20. The molecule has 0 spiro atoms. The smallest absolute Gasteiger partial charge is 0.102 e. The van der Waals surface area contributed by atoms with E-state index in [4.69, 9.17) is 0 Å². The van der Waals surface area contributed by atoms with E-state index in [0.29, 0.717) is 12.8 Å². The minimum atomic E-state index is -0.646. The maximum atomic E-state index is 12.5. The predicted molar refractivity (Wildman–Crippen MR) is 34.3 cm³/mol. The lowest BCUT2D eigenvalue weighted by atomic mass is 10.1.